The average Bonchev–Trinajstić information content (AvgIpc) is 3.44. The van der Waals surface area contributed by atoms with Gasteiger partial charge in [0.2, 0.25) is 0 Å². The van der Waals surface area contributed by atoms with Crippen LogP contribution in [-0.4, -0.2) is 28.7 Å². The summed E-state index contributed by atoms with van der Waals surface area (Å²) in [5.74, 6) is 1.77. The summed E-state index contributed by atoms with van der Waals surface area (Å²) in [6.07, 6.45) is 11.1. The van der Waals surface area contributed by atoms with Gasteiger partial charge in [-0.15, -0.1) is 0 Å². The van der Waals surface area contributed by atoms with E-state index in [2.05, 4.69) is 167 Å². The molecule has 264 valence electrons. The molecule has 0 aliphatic carbocycles. The van der Waals surface area contributed by atoms with Crippen molar-refractivity contribution in [3.05, 3.63) is 142 Å². The van der Waals surface area contributed by atoms with Gasteiger partial charge in [0, 0.05) is 48.1 Å². The van der Waals surface area contributed by atoms with E-state index in [4.69, 9.17) is 9.97 Å². The number of aromatic nitrogens is 2. The van der Waals surface area contributed by atoms with Crippen molar-refractivity contribution in [3.63, 3.8) is 0 Å². The fraction of sp³-hybridized carbons (Fsp3) is 0.304. The van der Waals surface area contributed by atoms with Crippen molar-refractivity contribution < 1.29 is 0 Å². The van der Waals surface area contributed by atoms with Gasteiger partial charge in [0.1, 0.15) is 6.17 Å². The summed E-state index contributed by atoms with van der Waals surface area (Å²) < 4.78 is 0. The van der Waals surface area contributed by atoms with Crippen LogP contribution in [0.3, 0.4) is 0 Å². The first-order valence-electron chi connectivity index (χ1n) is 18.9. The molecule has 1 aromatic heterocycles. The van der Waals surface area contributed by atoms with Gasteiger partial charge in [0.15, 0.2) is 11.6 Å². The van der Waals surface area contributed by atoms with Crippen molar-refractivity contribution in [1.82, 2.24) is 15.3 Å². The summed E-state index contributed by atoms with van der Waals surface area (Å²) in [6, 6.07) is 29.4. The van der Waals surface area contributed by atoms with Crippen molar-refractivity contribution >= 4 is 34.8 Å². The first-order chi connectivity index (χ1) is 25.2. The number of nitrogens with one attached hydrogen (secondary N) is 1. The topological polar surface area (TPSA) is 47.5 Å². The molecule has 4 aromatic carbocycles. The number of aryl methyl sites for hydroxylation is 4. The van der Waals surface area contributed by atoms with Crippen LogP contribution in [0.2, 0.25) is 0 Å². The largest absolute Gasteiger partial charge is 0.380 e. The number of fused-ring (bicyclic) bond motifs is 5. The molecule has 0 saturated carbocycles. The van der Waals surface area contributed by atoms with Crippen molar-refractivity contribution in [1.29, 1.82) is 0 Å². The predicted molar refractivity (Wildman–Crippen MR) is 218 cm³/mol. The molecule has 3 aliphatic heterocycles. The Morgan fingerprint density at radius 1 is 0.712 bits per heavy atom. The lowest BCUT2D eigenvalue weighted by Crippen LogP contribution is -2.54. The number of anilines is 4. The molecule has 6 nitrogen and oxygen atoms in total. The molecule has 3 aliphatic rings. The predicted octanol–water partition coefficient (Wildman–Crippen LogP) is 10.8. The van der Waals surface area contributed by atoms with Gasteiger partial charge in [-0.1, -0.05) is 87.0 Å². The molecule has 4 heterocycles. The molecule has 2 bridgehead atoms. The lowest BCUT2D eigenvalue weighted by atomic mass is 9.77. The van der Waals surface area contributed by atoms with Gasteiger partial charge in [-0.3, -0.25) is 4.90 Å². The van der Waals surface area contributed by atoms with Crippen LogP contribution in [0.5, 0.6) is 0 Å². The Morgan fingerprint density at radius 2 is 1.40 bits per heavy atom. The number of nitrogens with zero attached hydrogens (tertiary/aromatic N) is 5. The maximum absolute atomic E-state index is 4.99. The highest BCUT2D eigenvalue weighted by molar-refractivity contribution is 5.96. The summed E-state index contributed by atoms with van der Waals surface area (Å²) >= 11 is 0. The summed E-state index contributed by atoms with van der Waals surface area (Å²) in [4.78, 5) is 17.3. The van der Waals surface area contributed by atoms with E-state index in [1.807, 2.05) is 12.4 Å². The van der Waals surface area contributed by atoms with E-state index in [1.165, 1.54) is 67.0 Å². The van der Waals surface area contributed by atoms with E-state index < -0.39 is 5.54 Å². The summed E-state index contributed by atoms with van der Waals surface area (Å²) in [6.45, 7) is 15.9. The second kappa shape index (κ2) is 13.0. The van der Waals surface area contributed by atoms with Crippen LogP contribution in [-0.2, 0) is 0 Å². The smallest absolute Gasteiger partial charge is 0.178 e. The molecule has 6 heteroatoms. The Labute approximate surface area is 309 Å². The van der Waals surface area contributed by atoms with Crippen LogP contribution >= 0.6 is 0 Å². The SMILES string of the molecule is CCC1c2c3cccc2-c2cc(C)ccc2N1/C(c1c(C)cccc1C)=C\NC(CC)(CC)/C(C1N(C)c2nccnc2N1c1ccccc1C)=C\3. The molecule has 0 saturated heterocycles. The monoisotopic (exact) mass is 686 g/mol. The van der Waals surface area contributed by atoms with Crippen molar-refractivity contribution in [2.45, 2.75) is 85.5 Å². The minimum Gasteiger partial charge on any atom is -0.380 e. The zero-order valence-electron chi connectivity index (χ0n) is 31.8. The first kappa shape index (κ1) is 33.8. The molecule has 5 aromatic rings. The van der Waals surface area contributed by atoms with Gasteiger partial charge in [-0.05, 0) is 110 Å². The number of hydrogen-bond acceptors (Lipinski definition) is 6. The highest BCUT2D eigenvalue weighted by Crippen LogP contribution is 2.53. The fourth-order valence-electron chi connectivity index (χ4n) is 9.21. The Kier molecular flexibility index (Phi) is 8.44. The maximum atomic E-state index is 4.99. The van der Waals surface area contributed by atoms with Crippen molar-refractivity contribution in [2.75, 3.05) is 21.7 Å². The van der Waals surface area contributed by atoms with Crippen molar-refractivity contribution in [3.8, 4) is 11.1 Å². The highest BCUT2D eigenvalue weighted by Gasteiger charge is 2.47. The summed E-state index contributed by atoms with van der Waals surface area (Å²) in [5.41, 5.74) is 16.1. The van der Waals surface area contributed by atoms with Crippen LogP contribution < -0.4 is 20.0 Å². The fourth-order valence-corrected chi connectivity index (χ4v) is 9.21. The molecule has 52 heavy (non-hydrogen) atoms. The zero-order chi connectivity index (χ0) is 36.3. The molecule has 2 unspecified atom stereocenters. The first-order valence-corrected chi connectivity index (χ1v) is 18.9. The average molecular weight is 687 g/mol. The normalized spacial score (nSPS) is 20.7. The van der Waals surface area contributed by atoms with E-state index in [0.29, 0.717) is 0 Å². The van der Waals surface area contributed by atoms with Gasteiger partial charge in [-0.25, -0.2) is 9.97 Å². The van der Waals surface area contributed by atoms with Gasteiger partial charge >= 0.3 is 0 Å². The Balaban J connectivity index is 1.49. The van der Waals surface area contributed by atoms with Crippen LogP contribution in [0.1, 0.15) is 85.0 Å². The number of likely N-dealkylation sites (N-methyl/N-ethyl adjacent to an activating group) is 1. The summed E-state index contributed by atoms with van der Waals surface area (Å²) in [5, 5.41) is 4.20. The van der Waals surface area contributed by atoms with E-state index in [1.54, 1.807) is 0 Å². The van der Waals surface area contributed by atoms with Crippen LogP contribution in [0.15, 0.2) is 103 Å². The molecular weight excluding hydrogens is 637 g/mol. The minimum absolute atomic E-state index is 0.121. The lowest BCUT2D eigenvalue weighted by Gasteiger charge is -2.46. The molecule has 2 atom stereocenters. The molecule has 0 amide bonds. The number of hydrogen-bond donors (Lipinski definition) is 1. The lowest BCUT2D eigenvalue weighted by molar-refractivity contribution is 0.380. The third kappa shape index (κ3) is 5.06. The maximum Gasteiger partial charge on any atom is 0.178 e. The Morgan fingerprint density at radius 3 is 2.12 bits per heavy atom. The number of benzene rings is 4. The van der Waals surface area contributed by atoms with Gasteiger partial charge in [0.25, 0.3) is 0 Å². The van der Waals surface area contributed by atoms with Gasteiger partial charge < -0.3 is 15.1 Å². The second-order valence-corrected chi connectivity index (χ2v) is 14.8. The molecule has 8 rings (SSSR count). The molecule has 0 spiro atoms. The van der Waals surface area contributed by atoms with Gasteiger partial charge in [0.05, 0.1) is 17.3 Å². The highest BCUT2D eigenvalue weighted by atomic mass is 15.5. The molecule has 0 fully saturated rings. The Hall–Kier alpha value is -5.36. The quantitative estimate of drug-likeness (QED) is 0.192. The third-order valence-electron chi connectivity index (χ3n) is 11.9. The molecular formula is C46H50N6. The summed E-state index contributed by atoms with van der Waals surface area (Å²) in [7, 11) is 2.18. The third-order valence-corrected chi connectivity index (χ3v) is 11.9. The van der Waals surface area contributed by atoms with E-state index >= 15 is 0 Å². The minimum atomic E-state index is -0.406. The molecule has 1 N–H and O–H groups in total. The van der Waals surface area contributed by atoms with Crippen LogP contribution in [0, 0.1) is 27.7 Å². The van der Waals surface area contributed by atoms with Gasteiger partial charge in [-0.2, -0.15) is 0 Å². The zero-order valence-corrected chi connectivity index (χ0v) is 31.8. The second-order valence-electron chi connectivity index (χ2n) is 14.8. The van der Waals surface area contributed by atoms with Crippen LogP contribution in [0.4, 0.5) is 23.0 Å². The number of para-hydroxylation sites is 1. The van der Waals surface area contributed by atoms with E-state index in [-0.39, 0.29) is 12.2 Å². The molecule has 0 radical (unpaired) electrons. The number of rotatable bonds is 6. The van der Waals surface area contributed by atoms with Crippen molar-refractivity contribution in [2.24, 2.45) is 0 Å². The van der Waals surface area contributed by atoms with E-state index in [0.717, 1.165) is 36.6 Å². The standard InChI is InChI=1S/C46H50N6/c1-9-37-42-33-19-15-20-34(42)35-26-29(4)22-23-39(35)51(37)40(41-31(6)17-14-18-32(41)7)28-49-46(10-2,11-3)36(27-33)45-50(8)43-44(48-25-24-47-43)52(45)38-21-13-12-16-30(38)5/h12-28,37,45,49H,9-11H2,1-8H3/b36-27-,40-28-. The van der Waals surface area contributed by atoms with E-state index in [9.17, 15) is 0 Å². The Bertz CT molecular complexity index is 2220. The van der Waals surface area contributed by atoms with Crippen LogP contribution in [0.25, 0.3) is 22.9 Å².